The molecular weight excluding hydrogens is 200 g/mol. The van der Waals surface area contributed by atoms with E-state index in [0.717, 1.165) is 38.8 Å². The molecule has 2 fully saturated rings. The van der Waals surface area contributed by atoms with E-state index in [1.54, 1.807) is 0 Å². The molecule has 1 aliphatic carbocycles. The third-order valence-corrected chi connectivity index (χ3v) is 3.09. The van der Waals surface area contributed by atoms with Crippen LogP contribution in [0.4, 0.5) is 0 Å². The molecule has 1 aliphatic heterocycles. The number of nitrogens with one attached hydrogen (secondary N) is 2. The van der Waals surface area contributed by atoms with Crippen molar-refractivity contribution >= 4 is 18.3 Å². The van der Waals surface area contributed by atoms with Gasteiger partial charge in [0.15, 0.2) is 0 Å². The summed E-state index contributed by atoms with van der Waals surface area (Å²) in [5.41, 5.74) is 0.147. The zero-order valence-corrected chi connectivity index (χ0v) is 9.45. The lowest BCUT2D eigenvalue weighted by Gasteiger charge is -2.23. The van der Waals surface area contributed by atoms with Crippen LogP contribution in [-0.2, 0) is 4.79 Å². The Hall–Kier alpha value is -0.280. The van der Waals surface area contributed by atoms with E-state index in [4.69, 9.17) is 0 Å². The van der Waals surface area contributed by atoms with Crippen LogP contribution in [0.3, 0.4) is 0 Å². The van der Waals surface area contributed by atoms with Gasteiger partial charge in [-0.2, -0.15) is 0 Å². The van der Waals surface area contributed by atoms with Gasteiger partial charge in [0.2, 0.25) is 5.91 Å². The molecule has 0 aromatic heterocycles. The fourth-order valence-electron chi connectivity index (χ4n) is 1.79. The number of hydrogen-bond donors (Lipinski definition) is 2. The molecule has 14 heavy (non-hydrogen) atoms. The minimum atomic E-state index is 0. The number of amides is 1. The Morgan fingerprint density at radius 1 is 1.50 bits per heavy atom. The largest absolute Gasteiger partial charge is 0.351 e. The predicted molar refractivity (Wildman–Crippen MR) is 58.6 cm³/mol. The van der Waals surface area contributed by atoms with E-state index in [0.29, 0.717) is 0 Å². The molecule has 1 atom stereocenters. The molecule has 2 aliphatic rings. The first-order valence-electron chi connectivity index (χ1n) is 5.22. The first kappa shape index (κ1) is 11.8. The van der Waals surface area contributed by atoms with E-state index < -0.39 is 0 Å². The van der Waals surface area contributed by atoms with Crippen molar-refractivity contribution in [2.24, 2.45) is 5.92 Å². The van der Waals surface area contributed by atoms with Gasteiger partial charge in [0, 0.05) is 12.1 Å². The summed E-state index contributed by atoms with van der Waals surface area (Å²) in [7, 11) is 0. The third kappa shape index (κ3) is 2.85. The van der Waals surface area contributed by atoms with Gasteiger partial charge in [0.1, 0.15) is 0 Å². The van der Waals surface area contributed by atoms with E-state index in [9.17, 15) is 4.79 Å². The smallest absolute Gasteiger partial charge is 0.224 e. The van der Waals surface area contributed by atoms with Crippen LogP contribution < -0.4 is 10.6 Å². The number of piperidine rings is 1. The Labute approximate surface area is 91.4 Å². The van der Waals surface area contributed by atoms with Crippen molar-refractivity contribution in [2.45, 2.75) is 38.1 Å². The summed E-state index contributed by atoms with van der Waals surface area (Å²) in [5.74, 6) is 0.471. The molecule has 3 nitrogen and oxygen atoms in total. The molecule has 1 heterocycles. The molecule has 1 saturated heterocycles. The summed E-state index contributed by atoms with van der Waals surface area (Å²) < 4.78 is 0. The average Bonchev–Trinajstić information content (AvgIpc) is 2.85. The van der Waals surface area contributed by atoms with Crippen molar-refractivity contribution in [2.75, 3.05) is 13.1 Å². The lowest BCUT2D eigenvalue weighted by atomic mass is 9.98. The molecule has 0 radical (unpaired) electrons. The van der Waals surface area contributed by atoms with Crippen molar-refractivity contribution in [3.63, 3.8) is 0 Å². The van der Waals surface area contributed by atoms with Gasteiger partial charge in [0.25, 0.3) is 0 Å². The van der Waals surface area contributed by atoms with Gasteiger partial charge in [-0.3, -0.25) is 4.79 Å². The molecule has 2 N–H and O–H groups in total. The van der Waals surface area contributed by atoms with Crippen molar-refractivity contribution in [3.8, 4) is 0 Å². The van der Waals surface area contributed by atoms with Crippen LogP contribution in [0.5, 0.6) is 0 Å². The second-order valence-electron chi connectivity index (χ2n) is 4.59. The lowest BCUT2D eigenvalue weighted by molar-refractivity contribution is -0.126. The Bertz CT molecular complexity index is 210. The van der Waals surface area contributed by atoms with E-state index in [1.165, 1.54) is 0 Å². The topological polar surface area (TPSA) is 41.1 Å². The summed E-state index contributed by atoms with van der Waals surface area (Å²) >= 11 is 0. The van der Waals surface area contributed by atoms with Crippen molar-refractivity contribution < 1.29 is 4.79 Å². The molecule has 4 heteroatoms. The lowest BCUT2D eigenvalue weighted by Crippen LogP contribution is -2.44. The second-order valence-corrected chi connectivity index (χ2v) is 4.59. The standard InChI is InChI=1S/C10H18N2O.ClH/c1-10(4-5-10)12-9(13)8-3-2-6-11-7-8;/h8,11H,2-7H2,1H3,(H,12,13);1H/t8-;/m1./s1. The number of carbonyl (C=O) groups excluding carboxylic acids is 1. The summed E-state index contributed by atoms with van der Waals surface area (Å²) in [6, 6.07) is 0. The third-order valence-electron chi connectivity index (χ3n) is 3.09. The average molecular weight is 219 g/mol. The molecule has 0 bridgehead atoms. The summed E-state index contributed by atoms with van der Waals surface area (Å²) in [5, 5.41) is 6.38. The molecule has 0 unspecified atom stereocenters. The van der Waals surface area contributed by atoms with Crippen LogP contribution in [-0.4, -0.2) is 24.5 Å². The van der Waals surface area contributed by atoms with Crippen molar-refractivity contribution in [3.05, 3.63) is 0 Å². The van der Waals surface area contributed by atoms with Crippen molar-refractivity contribution in [1.82, 2.24) is 10.6 Å². The Morgan fingerprint density at radius 3 is 2.71 bits per heavy atom. The fourth-order valence-corrected chi connectivity index (χ4v) is 1.79. The Balaban J connectivity index is 0.000000980. The maximum atomic E-state index is 11.7. The van der Waals surface area contributed by atoms with Crippen LogP contribution in [0.2, 0.25) is 0 Å². The van der Waals surface area contributed by atoms with Gasteiger partial charge in [-0.1, -0.05) is 0 Å². The zero-order chi connectivity index (χ0) is 9.31. The van der Waals surface area contributed by atoms with E-state index in [-0.39, 0.29) is 29.8 Å². The highest BCUT2D eigenvalue weighted by atomic mass is 35.5. The molecule has 0 aromatic rings. The maximum absolute atomic E-state index is 11.7. The van der Waals surface area contributed by atoms with Gasteiger partial charge in [0.05, 0.1) is 5.92 Å². The SMILES string of the molecule is CC1(NC(=O)[C@@H]2CCCNC2)CC1.Cl. The summed E-state index contributed by atoms with van der Waals surface area (Å²) in [4.78, 5) is 11.7. The van der Waals surface area contributed by atoms with Crippen LogP contribution >= 0.6 is 12.4 Å². The van der Waals surface area contributed by atoms with Crippen molar-refractivity contribution in [1.29, 1.82) is 0 Å². The van der Waals surface area contributed by atoms with Crippen LogP contribution in [0.25, 0.3) is 0 Å². The first-order chi connectivity index (χ1) is 6.20. The summed E-state index contributed by atoms with van der Waals surface area (Å²) in [6.45, 7) is 4.06. The second kappa shape index (κ2) is 4.49. The van der Waals surface area contributed by atoms with Gasteiger partial charge in [-0.25, -0.2) is 0 Å². The number of hydrogen-bond acceptors (Lipinski definition) is 2. The monoisotopic (exact) mass is 218 g/mol. The number of rotatable bonds is 2. The minimum absolute atomic E-state index is 0. The van der Waals surface area contributed by atoms with Gasteiger partial charge >= 0.3 is 0 Å². The molecule has 1 amide bonds. The molecule has 0 spiro atoms. The van der Waals surface area contributed by atoms with Crippen LogP contribution in [0, 0.1) is 5.92 Å². The van der Waals surface area contributed by atoms with Crippen LogP contribution in [0.1, 0.15) is 32.6 Å². The number of carbonyl (C=O) groups is 1. The highest BCUT2D eigenvalue weighted by molar-refractivity contribution is 5.85. The van der Waals surface area contributed by atoms with Gasteiger partial charge in [-0.05, 0) is 39.2 Å². The molecule has 0 aromatic carbocycles. The van der Waals surface area contributed by atoms with E-state index >= 15 is 0 Å². The normalized spacial score (nSPS) is 28.8. The Kier molecular flexibility index (Phi) is 3.78. The molecule has 1 saturated carbocycles. The zero-order valence-electron chi connectivity index (χ0n) is 8.64. The van der Waals surface area contributed by atoms with Gasteiger partial charge in [-0.15, -0.1) is 12.4 Å². The summed E-state index contributed by atoms with van der Waals surface area (Å²) in [6.07, 6.45) is 4.49. The highest BCUT2D eigenvalue weighted by Crippen LogP contribution is 2.34. The molecule has 2 rings (SSSR count). The minimum Gasteiger partial charge on any atom is -0.351 e. The van der Waals surface area contributed by atoms with Crippen LogP contribution in [0.15, 0.2) is 0 Å². The predicted octanol–water partition coefficient (Wildman–Crippen LogP) is 1.08. The molecular formula is C10H19ClN2O. The quantitative estimate of drug-likeness (QED) is 0.728. The first-order valence-corrected chi connectivity index (χ1v) is 5.22. The van der Waals surface area contributed by atoms with E-state index in [2.05, 4.69) is 17.6 Å². The highest BCUT2D eigenvalue weighted by Gasteiger charge is 2.39. The molecule has 82 valence electrons. The van der Waals surface area contributed by atoms with E-state index in [1.807, 2.05) is 0 Å². The fraction of sp³-hybridized carbons (Fsp3) is 0.900. The maximum Gasteiger partial charge on any atom is 0.224 e. The van der Waals surface area contributed by atoms with Gasteiger partial charge < -0.3 is 10.6 Å². The Morgan fingerprint density at radius 2 is 2.21 bits per heavy atom. The number of halogens is 1.